The van der Waals surface area contributed by atoms with Crippen LogP contribution in [-0.4, -0.2) is 17.7 Å². The number of nitrogens with zero attached hydrogens (tertiary/aromatic N) is 1. The zero-order valence-corrected chi connectivity index (χ0v) is 12.5. The number of hydrogen-bond donors (Lipinski definition) is 2. The number of aryl methyl sites for hydroxylation is 1. The molecule has 1 aromatic carbocycles. The Morgan fingerprint density at radius 3 is 2.68 bits per heavy atom. The molecule has 22 heavy (non-hydrogen) atoms. The molecule has 0 aliphatic carbocycles. The zero-order chi connectivity index (χ0) is 15.9. The lowest BCUT2D eigenvalue weighted by molar-refractivity contribution is 0.168. The molecule has 0 saturated heterocycles. The van der Waals surface area contributed by atoms with Crippen LogP contribution in [0.3, 0.4) is 0 Å². The standard InChI is InChI=1S/C16H18FN3O2/c1-3-22-16(21)20-15-11(2)8-14(10-19-15)18-9-12-4-6-13(17)7-5-12/h4-8,10,18H,3,9H2,1-2H3,(H,19,20,21). The molecule has 1 aromatic heterocycles. The normalized spacial score (nSPS) is 10.1. The molecule has 6 heteroatoms. The van der Waals surface area contributed by atoms with E-state index in [4.69, 9.17) is 4.74 Å². The average molecular weight is 303 g/mol. The molecule has 0 radical (unpaired) electrons. The highest BCUT2D eigenvalue weighted by Gasteiger charge is 2.07. The number of rotatable bonds is 5. The Balaban J connectivity index is 1.97. The monoisotopic (exact) mass is 303 g/mol. The Bertz CT molecular complexity index is 644. The Kier molecular flexibility index (Phi) is 5.30. The largest absolute Gasteiger partial charge is 0.450 e. The first-order valence-corrected chi connectivity index (χ1v) is 6.97. The van der Waals surface area contributed by atoms with Crippen molar-refractivity contribution in [1.82, 2.24) is 4.98 Å². The number of benzene rings is 1. The summed E-state index contributed by atoms with van der Waals surface area (Å²) >= 11 is 0. The molecule has 0 aliphatic rings. The highest BCUT2D eigenvalue weighted by Crippen LogP contribution is 2.17. The number of hydrogen-bond acceptors (Lipinski definition) is 4. The number of halogens is 1. The molecule has 1 heterocycles. The number of carbonyl (C=O) groups excluding carboxylic acids is 1. The van der Waals surface area contributed by atoms with Crippen LogP contribution in [0.15, 0.2) is 36.5 Å². The minimum atomic E-state index is -0.523. The summed E-state index contributed by atoms with van der Waals surface area (Å²) in [4.78, 5) is 15.6. The maximum atomic E-state index is 12.8. The van der Waals surface area contributed by atoms with E-state index in [1.807, 2.05) is 13.0 Å². The van der Waals surface area contributed by atoms with Crippen molar-refractivity contribution in [3.05, 3.63) is 53.5 Å². The SMILES string of the molecule is CCOC(=O)Nc1ncc(NCc2ccc(F)cc2)cc1C. The molecule has 2 rings (SSSR count). The van der Waals surface area contributed by atoms with Crippen molar-refractivity contribution in [1.29, 1.82) is 0 Å². The van der Waals surface area contributed by atoms with Gasteiger partial charge in [-0.3, -0.25) is 5.32 Å². The van der Waals surface area contributed by atoms with Gasteiger partial charge in [0.1, 0.15) is 11.6 Å². The molecule has 116 valence electrons. The van der Waals surface area contributed by atoms with Crippen molar-refractivity contribution >= 4 is 17.6 Å². The Hall–Kier alpha value is -2.63. The second-order valence-electron chi connectivity index (χ2n) is 4.71. The highest BCUT2D eigenvalue weighted by atomic mass is 19.1. The second-order valence-corrected chi connectivity index (χ2v) is 4.71. The minimum absolute atomic E-state index is 0.254. The molecular formula is C16H18FN3O2. The van der Waals surface area contributed by atoms with Crippen molar-refractivity contribution < 1.29 is 13.9 Å². The minimum Gasteiger partial charge on any atom is -0.450 e. The molecule has 0 fully saturated rings. The van der Waals surface area contributed by atoms with E-state index in [0.29, 0.717) is 19.0 Å². The van der Waals surface area contributed by atoms with Crippen molar-refractivity contribution in [2.24, 2.45) is 0 Å². The van der Waals surface area contributed by atoms with Gasteiger partial charge in [-0.1, -0.05) is 12.1 Å². The number of ether oxygens (including phenoxy) is 1. The van der Waals surface area contributed by atoms with Gasteiger partial charge < -0.3 is 10.1 Å². The number of amides is 1. The van der Waals surface area contributed by atoms with Crippen LogP contribution in [0.2, 0.25) is 0 Å². The number of nitrogens with one attached hydrogen (secondary N) is 2. The fraction of sp³-hybridized carbons (Fsp3) is 0.250. The van der Waals surface area contributed by atoms with E-state index >= 15 is 0 Å². The molecule has 5 nitrogen and oxygen atoms in total. The lowest BCUT2D eigenvalue weighted by atomic mass is 10.2. The zero-order valence-electron chi connectivity index (χ0n) is 12.5. The third-order valence-corrected chi connectivity index (χ3v) is 2.98. The van der Waals surface area contributed by atoms with Crippen molar-refractivity contribution in [3.63, 3.8) is 0 Å². The molecule has 0 unspecified atom stereocenters. The van der Waals surface area contributed by atoms with Gasteiger partial charge in [-0.15, -0.1) is 0 Å². The maximum absolute atomic E-state index is 12.8. The fourth-order valence-electron chi connectivity index (χ4n) is 1.87. The third-order valence-electron chi connectivity index (χ3n) is 2.98. The van der Waals surface area contributed by atoms with E-state index in [9.17, 15) is 9.18 Å². The number of pyridine rings is 1. The number of carbonyl (C=O) groups is 1. The molecule has 0 aliphatic heterocycles. The average Bonchev–Trinajstić information content (AvgIpc) is 2.49. The highest BCUT2D eigenvalue weighted by molar-refractivity contribution is 5.84. The summed E-state index contributed by atoms with van der Waals surface area (Å²) in [5, 5.41) is 5.77. The van der Waals surface area contributed by atoms with Crippen LogP contribution in [0.5, 0.6) is 0 Å². The Morgan fingerprint density at radius 1 is 1.32 bits per heavy atom. The topological polar surface area (TPSA) is 63.2 Å². The summed E-state index contributed by atoms with van der Waals surface area (Å²) < 4.78 is 17.6. The smallest absolute Gasteiger partial charge is 0.412 e. The maximum Gasteiger partial charge on any atom is 0.412 e. The number of anilines is 2. The van der Waals surface area contributed by atoms with Gasteiger partial charge >= 0.3 is 6.09 Å². The number of aromatic nitrogens is 1. The van der Waals surface area contributed by atoms with Crippen molar-refractivity contribution in [2.75, 3.05) is 17.2 Å². The molecule has 1 amide bonds. The van der Waals surface area contributed by atoms with Gasteiger partial charge in [0, 0.05) is 6.54 Å². The van der Waals surface area contributed by atoms with Crippen LogP contribution in [0, 0.1) is 12.7 Å². The van der Waals surface area contributed by atoms with Crippen LogP contribution in [-0.2, 0) is 11.3 Å². The molecular weight excluding hydrogens is 285 g/mol. The lowest BCUT2D eigenvalue weighted by Gasteiger charge is -2.10. The summed E-state index contributed by atoms with van der Waals surface area (Å²) in [5.74, 6) is 0.210. The molecule has 2 N–H and O–H groups in total. The van der Waals surface area contributed by atoms with Gasteiger partial charge in [0.15, 0.2) is 0 Å². The van der Waals surface area contributed by atoms with E-state index in [1.165, 1.54) is 12.1 Å². The second kappa shape index (κ2) is 7.40. The Morgan fingerprint density at radius 2 is 2.05 bits per heavy atom. The molecule has 0 bridgehead atoms. The van der Waals surface area contributed by atoms with E-state index in [1.54, 1.807) is 25.3 Å². The first-order chi connectivity index (χ1) is 10.6. The van der Waals surface area contributed by atoms with E-state index < -0.39 is 6.09 Å². The van der Waals surface area contributed by atoms with Crippen LogP contribution in [0.4, 0.5) is 20.7 Å². The van der Waals surface area contributed by atoms with Gasteiger partial charge in [-0.05, 0) is 43.2 Å². The summed E-state index contributed by atoms with van der Waals surface area (Å²) in [6, 6.07) is 8.16. The summed E-state index contributed by atoms with van der Waals surface area (Å²) in [6.07, 6.45) is 1.10. The van der Waals surface area contributed by atoms with Crippen LogP contribution in [0.25, 0.3) is 0 Å². The van der Waals surface area contributed by atoms with Gasteiger partial charge in [0.2, 0.25) is 0 Å². The van der Waals surface area contributed by atoms with E-state index in [-0.39, 0.29) is 5.82 Å². The predicted octanol–water partition coefficient (Wildman–Crippen LogP) is 3.71. The van der Waals surface area contributed by atoms with Crippen molar-refractivity contribution in [2.45, 2.75) is 20.4 Å². The molecule has 0 saturated carbocycles. The fourth-order valence-corrected chi connectivity index (χ4v) is 1.87. The Labute approximate surface area is 128 Å². The lowest BCUT2D eigenvalue weighted by Crippen LogP contribution is -2.15. The third kappa shape index (κ3) is 4.44. The summed E-state index contributed by atoms with van der Waals surface area (Å²) in [7, 11) is 0. The van der Waals surface area contributed by atoms with Gasteiger partial charge in [-0.25, -0.2) is 14.2 Å². The van der Waals surface area contributed by atoms with E-state index in [0.717, 1.165) is 16.8 Å². The van der Waals surface area contributed by atoms with Crippen molar-refractivity contribution in [3.8, 4) is 0 Å². The summed E-state index contributed by atoms with van der Waals surface area (Å²) in [6.45, 7) is 4.45. The quantitative estimate of drug-likeness (QED) is 0.884. The van der Waals surface area contributed by atoms with Gasteiger partial charge in [0.05, 0.1) is 18.5 Å². The predicted molar refractivity (Wildman–Crippen MR) is 83.3 cm³/mol. The first-order valence-electron chi connectivity index (χ1n) is 6.97. The van der Waals surface area contributed by atoms with Crippen LogP contribution in [0.1, 0.15) is 18.1 Å². The van der Waals surface area contributed by atoms with E-state index in [2.05, 4.69) is 15.6 Å². The molecule has 0 atom stereocenters. The first kappa shape index (κ1) is 15.8. The molecule has 0 spiro atoms. The van der Waals surface area contributed by atoms with Crippen LogP contribution >= 0.6 is 0 Å². The van der Waals surface area contributed by atoms with Crippen LogP contribution < -0.4 is 10.6 Å². The van der Waals surface area contributed by atoms with Gasteiger partial charge in [0.25, 0.3) is 0 Å². The van der Waals surface area contributed by atoms with Gasteiger partial charge in [-0.2, -0.15) is 0 Å². The molecule has 2 aromatic rings. The summed E-state index contributed by atoms with van der Waals surface area (Å²) in [5.41, 5.74) is 2.60.